The molecule has 1 aromatic carbocycles. The first-order valence-electron chi connectivity index (χ1n) is 6.97. The van der Waals surface area contributed by atoms with Crippen LogP contribution in [0.2, 0.25) is 0 Å². The molecule has 114 valence electrons. The Morgan fingerprint density at radius 2 is 2.23 bits per heavy atom. The molecule has 8 nitrogen and oxygen atoms in total. The number of amides is 1. The largest absolute Gasteiger partial charge is 0.367 e. The number of nitrogen functional groups attached to an aromatic ring is 1. The predicted molar refractivity (Wildman–Crippen MR) is 81.9 cm³/mol. The SMILES string of the molecule is Cn1nc(CC(=O)NCCc2nc(N)n[nH]2)c2ccccc21. The number of para-hydroxylation sites is 1. The van der Waals surface area contributed by atoms with E-state index in [9.17, 15) is 4.79 Å². The van der Waals surface area contributed by atoms with Gasteiger partial charge in [-0.05, 0) is 6.07 Å². The highest BCUT2D eigenvalue weighted by Crippen LogP contribution is 2.17. The van der Waals surface area contributed by atoms with Crippen LogP contribution in [-0.2, 0) is 24.7 Å². The standard InChI is InChI=1S/C14H17N7O/c1-21-11-5-3-2-4-9(11)10(20-21)8-13(22)16-7-6-12-17-14(15)19-18-12/h2-5H,6-8H2,1H3,(H,16,22)(H3,15,17,18,19). The van der Waals surface area contributed by atoms with Gasteiger partial charge < -0.3 is 11.1 Å². The number of nitrogens with zero attached hydrogens (tertiary/aromatic N) is 4. The van der Waals surface area contributed by atoms with Crippen molar-refractivity contribution in [2.75, 3.05) is 12.3 Å². The fourth-order valence-electron chi connectivity index (χ4n) is 2.38. The third-order valence-electron chi connectivity index (χ3n) is 3.40. The Balaban J connectivity index is 1.59. The third kappa shape index (κ3) is 2.90. The Kier molecular flexibility index (Phi) is 3.73. The Hall–Kier alpha value is -2.90. The number of aromatic nitrogens is 5. The summed E-state index contributed by atoms with van der Waals surface area (Å²) in [5.74, 6) is 0.790. The minimum absolute atomic E-state index is 0.0728. The highest BCUT2D eigenvalue weighted by atomic mass is 16.1. The molecule has 0 spiro atoms. The number of aryl methyl sites for hydroxylation is 1. The van der Waals surface area contributed by atoms with Crippen molar-refractivity contribution < 1.29 is 4.79 Å². The lowest BCUT2D eigenvalue weighted by Crippen LogP contribution is -2.27. The maximum absolute atomic E-state index is 12.0. The van der Waals surface area contributed by atoms with Crippen LogP contribution in [0.15, 0.2) is 24.3 Å². The minimum atomic E-state index is -0.0728. The van der Waals surface area contributed by atoms with Gasteiger partial charge in [0.2, 0.25) is 11.9 Å². The van der Waals surface area contributed by atoms with Crippen LogP contribution in [-0.4, -0.2) is 37.4 Å². The summed E-state index contributed by atoms with van der Waals surface area (Å²) in [7, 11) is 1.87. The zero-order valence-corrected chi connectivity index (χ0v) is 12.2. The maximum atomic E-state index is 12.0. The van der Waals surface area contributed by atoms with Crippen LogP contribution in [0.1, 0.15) is 11.5 Å². The maximum Gasteiger partial charge on any atom is 0.239 e. The molecule has 0 saturated heterocycles. The van der Waals surface area contributed by atoms with E-state index in [-0.39, 0.29) is 18.3 Å². The molecule has 2 aromatic heterocycles. The van der Waals surface area contributed by atoms with Crippen LogP contribution in [0.3, 0.4) is 0 Å². The van der Waals surface area contributed by atoms with Crippen molar-refractivity contribution in [1.29, 1.82) is 0 Å². The van der Waals surface area contributed by atoms with Gasteiger partial charge in [0, 0.05) is 25.4 Å². The summed E-state index contributed by atoms with van der Waals surface area (Å²) >= 11 is 0. The molecule has 0 atom stereocenters. The van der Waals surface area contributed by atoms with E-state index < -0.39 is 0 Å². The lowest BCUT2D eigenvalue weighted by atomic mass is 10.1. The number of carbonyl (C=O) groups is 1. The van der Waals surface area contributed by atoms with E-state index in [4.69, 9.17) is 5.73 Å². The average Bonchev–Trinajstić information content (AvgIpc) is 3.04. The molecule has 2 heterocycles. The molecule has 0 radical (unpaired) electrons. The smallest absolute Gasteiger partial charge is 0.239 e. The summed E-state index contributed by atoms with van der Waals surface area (Å²) in [6.07, 6.45) is 0.804. The van der Waals surface area contributed by atoms with Crippen molar-refractivity contribution in [3.05, 3.63) is 35.8 Å². The number of H-pyrrole nitrogens is 1. The zero-order chi connectivity index (χ0) is 15.5. The fraction of sp³-hybridized carbons (Fsp3) is 0.286. The highest BCUT2D eigenvalue weighted by Gasteiger charge is 2.12. The van der Waals surface area contributed by atoms with Crippen LogP contribution in [0.25, 0.3) is 10.9 Å². The summed E-state index contributed by atoms with van der Waals surface area (Å²) in [6.45, 7) is 0.470. The first kappa shape index (κ1) is 14.1. The fourth-order valence-corrected chi connectivity index (χ4v) is 2.38. The molecule has 0 unspecified atom stereocenters. The Morgan fingerprint density at radius 3 is 3.00 bits per heavy atom. The number of aromatic amines is 1. The molecule has 22 heavy (non-hydrogen) atoms. The Morgan fingerprint density at radius 1 is 1.41 bits per heavy atom. The normalized spacial score (nSPS) is 11.0. The number of rotatable bonds is 5. The number of anilines is 1. The van der Waals surface area contributed by atoms with Crippen LogP contribution in [0.4, 0.5) is 5.95 Å². The third-order valence-corrected chi connectivity index (χ3v) is 3.40. The van der Waals surface area contributed by atoms with Crippen molar-refractivity contribution in [2.45, 2.75) is 12.8 Å². The number of fused-ring (bicyclic) bond motifs is 1. The van der Waals surface area contributed by atoms with Crippen LogP contribution in [0, 0.1) is 0 Å². The quantitative estimate of drug-likeness (QED) is 0.621. The van der Waals surface area contributed by atoms with Crippen molar-refractivity contribution in [2.24, 2.45) is 7.05 Å². The molecule has 3 rings (SSSR count). The van der Waals surface area contributed by atoms with Crippen molar-refractivity contribution in [1.82, 2.24) is 30.3 Å². The second-order valence-electron chi connectivity index (χ2n) is 5.00. The molecule has 8 heteroatoms. The molecule has 3 aromatic rings. The molecule has 0 bridgehead atoms. The monoisotopic (exact) mass is 299 g/mol. The van der Waals surface area contributed by atoms with Gasteiger partial charge >= 0.3 is 0 Å². The Bertz CT molecular complexity index is 804. The van der Waals surface area contributed by atoms with Gasteiger partial charge in [-0.3, -0.25) is 14.6 Å². The number of nitrogens with two attached hydrogens (primary N) is 1. The lowest BCUT2D eigenvalue weighted by Gasteiger charge is -2.02. The van der Waals surface area contributed by atoms with E-state index in [0.717, 1.165) is 16.6 Å². The molecule has 0 fully saturated rings. The number of hydrogen-bond donors (Lipinski definition) is 3. The number of benzene rings is 1. The molecule has 4 N–H and O–H groups in total. The van der Waals surface area contributed by atoms with E-state index in [0.29, 0.717) is 18.8 Å². The van der Waals surface area contributed by atoms with Crippen LogP contribution < -0.4 is 11.1 Å². The molecule has 0 aliphatic heterocycles. The van der Waals surface area contributed by atoms with Gasteiger partial charge in [0.25, 0.3) is 0 Å². The Labute approximate surface area is 126 Å². The van der Waals surface area contributed by atoms with Crippen molar-refractivity contribution >= 4 is 22.8 Å². The number of carbonyl (C=O) groups excluding carboxylic acids is 1. The topological polar surface area (TPSA) is 115 Å². The van der Waals surface area contributed by atoms with E-state index >= 15 is 0 Å². The lowest BCUT2D eigenvalue weighted by molar-refractivity contribution is -0.120. The minimum Gasteiger partial charge on any atom is -0.367 e. The van der Waals surface area contributed by atoms with Crippen molar-refractivity contribution in [3.8, 4) is 0 Å². The summed E-state index contributed by atoms with van der Waals surface area (Å²) < 4.78 is 1.79. The van der Waals surface area contributed by atoms with Gasteiger partial charge in [-0.1, -0.05) is 18.2 Å². The number of nitrogens with one attached hydrogen (secondary N) is 2. The second kappa shape index (κ2) is 5.84. The molecule has 0 saturated carbocycles. The summed E-state index contributed by atoms with van der Waals surface area (Å²) in [5.41, 5.74) is 7.21. The van der Waals surface area contributed by atoms with Gasteiger partial charge in [0.1, 0.15) is 5.82 Å². The second-order valence-corrected chi connectivity index (χ2v) is 5.00. The first-order chi connectivity index (χ1) is 10.6. The summed E-state index contributed by atoms with van der Waals surface area (Å²) in [4.78, 5) is 16.0. The van der Waals surface area contributed by atoms with Gasteiger partial charge in [-0.15, -0.1) is 5.10 Å². The van der Waals surface area contributed by atoms with Gasteiger partial charge in [0.15, 0.2) is 0 Å². The molecular weight excluding hydrogens is 282 g/mol. The van der Waals surface area contributed by atoms with Crippen LogP contribution in [0.5, 0.6) is 0 Å². The van der Waals surface area contributed by atoms with E-state index in [1.807, 2.05) is 31.3 Å². The summed E-state index contributed by atoms with van der Waals surface area (Å²) in [5, 5.41) is 14.7. The average molecular weight is 299 g/mol. The molecular formula is C14H17N7O. The van der Waals surface area contributed by atoms with Gasteiger partial charge in [-0.2, -0.15) is 10.1 Å². The molecule has 0 aliphatic rings. The van der Waals surface area contributed by atoms with Gasteiger partial charge in [-0.25, -0.2) is 0 Å². The molecule has 1 amide bonds. The predicted octanol–water partition coefficient (Wildman–Crippen LogP) is 0.175. The zero-order valence-electron chi connectivity index (χ0n) is 12.2. The van der Waals surface area contributed by atoms with E-state index in [2.05, 4.69) is 25.6 Å². The van der Waals surface area contributed by atoms with E-state index in [1.165, 1.54) is 0 Å². The van der Waals surface area contributed by atoms with Gasteiger partial charge in [0.05, 0.1) is 17.6 Å². The highest BCUT2D eigenvalue weighted by molar-refractivity contribution is 5.87. The van der Waals surface area contributed by atoms with Crippen LogP contribution >= 0.6 is 0 Å². The van der Waals surface area contributed by atoms with E-state index in [1.54, 1.807) is 4.68 Å². The first-order valence-corrected chi connectivity index (χ1v) is 6.97. The number of hydrogen-bond acceptors (Lipinski definition) is 5. The van der Waals surface area contributed by atoms with Crippen molar-refractivity contribution in [3.63, 3.8) is 0 Å². The molecule has 0 aliphatic carbocycles. The summed E-state index contributed by atoms with van der Waals surface area (Å²) in [6, 6.07) is 7.86.